The smallest absolute Gasteiger partial charge is 0.226 e. The Morgan fingerprint density at radius 2 is 1.71 bits per heavy atom. The van der Waals surface area contributed by atoms with Crippen LogP contribution >= 0.6 is 36.6 Å². The Hall–Kier alpha value is -1.23. The summed E-state index contributed by atoms with van der Waals surface area (Å²) in [6.07, 6.45) is 6.28. The van der Waals surface area contributed by atoms with Crippen molar-refractivity contribution in [2.45, 2.75) is 31.1 Å². The number of nitrogens with zero attached hydrogens (tertiary/aromatic N) is 2. The molecule has 0 aliphatic carbocycles. The lowest BCUT2D eigenvalue weighted by Gasteiger charge is -2.22. The zero-order chi connectivity index (χ0) is 15.6. The number of pyridine rings is 1. The van der Waals surface area contributed by atoms with E-state index in [0.29, 0.717) is 6.42 Å². The van der Waals surface area contributed by atoms with Crippen LogP contribution in [0.2, 0.25) is 0 Å². The van der Waals surface area contributed by atoms with Crippen molar-refractivity contribution in [1.29, 1.82) is 0 Å². The van der Waals surface area contributed by atoms with Crippen molar-refractivity contribution in [3.05, 3.63) is 54.9 Å². The van der Waals surface area contributed by atoms with Crippen molar-refractivity contribution in [2.24, 2.45) is 0 Å². The fourth-order valence-electron chi connectivity index (χ4n) is 2.19. The number of thioether (sulfide) groups is 1. The Kier molecular flexibility index (Phi) is 12.4. The molecule has 0 unspecified atom stereocenters. The first-order valence-electron chi connectivity index (χ1n) is 7.69. The second-order valence-electron chi connectivity index (χ2n) is 4.97. The Morgan fingerprint density at radius 1 is 1.04 bits per heavy atom. The first-order chi connectivity index (χ1) is 10.8. The molecule has 0 radical (unpaired) electrons. The Balaban J connectivity index is 0.00000264. The van der Waals surface area contributed by atoms with Crippen molar-refractivity contribution in [2.75, 3.05) is 17.2 Å². The van der Waals surface area contributed by atoms with Crippen molar-refractivity contribution < 1.29 is 4.79 Å². The number of anilines is 1. The highest BCUT2D eigenvalue weighted by Gasteiger charge is 2.12. The SMILES string of the molecule is CCC(=O)N(CCCCSc1ccncc1)c1ccccc1.Cl.Cl. The van der Waals surface area contributed by atoms with Crippen LogP contribution in [0.5, 0.6) is 0 Å². The third-order valence-corrected chi connectivity index (χ3v) is 4.46. The minimum Gasteiger partial charge on any atom is -0.312 e. The van der Waals surface area contributed by atoms with Gasteiger partial charge < -0.3 is 4.90 Å². The molecule has 24 heavy (non-hydrogen) atoms. The van der Waals surface area contributed by atoms with E-state index in [1.165, 1.54) is 4.90 Å². The number of carbonyl (C=O) groups excluding carboxylic acids is 1. The standard InChI is InChI=1S/C18H22N2OS.2ClH/c1-2-18(21)20(16-8-4-3-5-9-16)14-6-7-15-22-17-10-12-19-13-11-17;;/h3-5,8-13H,2,6-7,14-15H2,1H3;2*1H. The van der Waals surface area contributed by atoms with E-state index in [1.807, 2.05) is 78.4 Å². The molecule has 0 bridgehead atoms. The summed E-state index contributed by atoms with van der Waals surface area (Å²) in [4.78, 5) is 19.3. The average Bonchev–Trinajstić information content (AvgIpc) is 2.59. The molecule has 1 aromatic heterocycles. The number of hydrogen-bond acceptors (Lipinski definition) is 3. The van der Waals surface area contributed by atoms with E-state index in [-0.39, 0.29) is 30.7 Å². The summed E-state index contributed by atoms with van der Waals surface area (Å²) in [6.45, 7) is 2.70. The van der Waals surface area contributed by atoms with Crippen molar-refractivity contribution in [1.82, 2.24) is 4.98 Å². The number of aromatic nitrogens is 1. The van der Waals surface area contributed by atoms with Crippen LogP contribution in [0.15, 0.2) is 59.8 Å². The highest BCUT2D eigenvalue weighted by Crippen LogP contribution is 2.19. The van der Waals surface area contributed by atoms with Gasteiger partial charge in [-0.15, -0.1) is 36.6 Å². The molecule has 0 spiro atoms. The van der Waals surface area contributed by atoms with E-state index < -0.39 is 0 Å². The van der Waals surface area contributed by atoms with Gasteiger partial charge >= 0.3 is 0 Å². The zero-order valence-corrected chi connectivity index (χ0v) is 16.2. The van der Waals surface area contributed by atoms with E-state index >= 15 is 0 Å². The molecule has 2 aromatic rings. The fourth-order valence-corrected chi connectivity index (χ4v) is 3.09. The van der Waals surface area contributed by atoms with Crippen LogP contribution in [0.25, 0.3) is 0 Å². The highest BCUT2D eigenvalue weighted by molar-refractivity contribution is 7.99. The van der Waals surface area contributed by atoms with Crippen molar-refractivity contribution in [3.63, 3.8) is 0 Å². The normalized spacial score (nSPS) is 9.54. The van der Waals surface area contributed by atoms with Crippen LogP contribution in [-0.2, 0) is 4.79 Å². The number of halogens is 2. The lowest BCUT2D eigenvalue weighted by molar-refractivity contribution is -0.118. The lowest BCUT2D eigenvalue weighted by atomic mass is 10.2. The maximum atomic E-state index is 12.1. The number of hydrogen-bond donors (Lipinski definition) is 0. The molecule has 1 aromatic carbocycles. The van der Waals surface area contributed by atoms with Crippen LogP contribution < -0.4 is 4.90 Å². The number of benzene rings is 1. The van der Waals surface area contributed by atoms with Crippen LogP contribution in [0.4, 0.5) is 5.69 Å². The highest BCUT2D eigenvalue weighted by atomic mass is 35.5. The van der Waals surface area contributed by atoms with Crippen LogP contribution in [0, 0.1) is 0 Å². The van der Waals surface area contributed by atoms with Gasteiger partial charge in [0.15, 0.2) is 0 Å². The number of para-hydroxylation sites is 1. The van der Waals surface area contributed by atoms with Gasteiger partial charge in [0.25, 0.3) is 0 Å². The first-order valence-corrected chi connectivity index (χ1v) is 8.68. The van der Waals surface area contributed by atoms with Crippen molar-refractivity contribution in [3.8, 4) is 0 Å². The molecule has 2 rings (SSSR count). The summed E-state index contributed by atoms with van der Waals surface area (Å²) in [5.74, 6) is 1.25. The Bertz CT molecular complexity index is 570. The molecule has 0 aliphatic heterocycles. The summed E-state index contributed by atoms with van der Waals surface area (Å²) in [6, 6.07) is 14.0. The summed E-state index contributed by atoms with van der Waals surface area (Å²) in [7, 11) is 0. The molecule has 132 valence electrons. The van der Waals surface area contributed by atoms with E-state index in [4.69, 9.17) is 0 Å². The molecule has 0 N–H and O–H groups in total. The second-order valence-corrected chi connectivity index (χ2v) is 6.14. The van der Waals surface area contributed by atoms with E-state index in [1.54, 1.807) is 0 Å². The maximum Gasteiger partial charge on any atom is 0.226 e. The van der Waals surface area contributed by atoms with Crippen LogP contribution in [-0.4, -0.2) is 23.2 Å². The topological polar surface area (TPSA) is 33.2 Å². The maximum absolute atomic E-state index is 12.1. The average molecular weight is 387 g/mol. The van der Waals surface area contributed by atoms with Gasteiger partial charge in [-0.25, -0.2) is 0 Å². The monoisotopic (exact) mass is 386 g/mol. The summed E-state index contributed by atoms with van der Waals surface area (Å²) < 4.78 is 0. The van der Waals surface area contributed by atoms with Gasteiger partial charge in [0.2, 0.25) is 5.91 Å². The van der Waals surface area contributed by atoms with Gasteiger partial charge in [-0.2, -0.15) is 0 Å². The number of carbonyl (C=O) groups is 1. The number of rotatable bonds is 8. The molecule has 6 heteroatoms. The van der Waals surface area contributed by atoms with Gasteiger partial charge in [0.05, 0.1) is 0 Å². The molecule has 0 atom stereocenters. The number of unbranched alkanes of at least 4 members (excludes halogenated alkanes) is 1. The third-order valence-electron chi connectivity index (χ3n) is 3.37. The molecular formula is C18H24Cl2N2OS. The molecule has 0 saturated heterocycles. The van der Waals surface area contributed by atoms with Gasteiger partial charge in [0.1, 0.15) is 0 Å². The summed E-state index contributed by atoms with van der Waals surface area (Å²) in [5, 5.41) is 0. The van der Waals surface area contributed by atoms with Gasteiger partial charge in [-0.05, 0) is 42.9 Å². The van der Waals surface area contributed by atoms with Gasteiger partial charge in [-0.1, -0.05) is 25.1 Å². The zero-order valence-electron chi connectivity index (χ0n) is 13.8. The molecule has 0 saturated carbocycles. The number of amides is 1. The molecular weight excluding hydrogens is 363 g/mol. The lowest BCUT2D eigenvalue weighted by Crippen LogP contribution is -2.31. The quantitative estimate of drug-likeness (QED) is 0.459. The Labute approximate surface area is 161 Å². The predicted molar refractivity (Wildman–Crippen MR) is 108 cm³/mol. The van der Waals surface area contributed by atoms with Crippen LogP contribution in [0.1, 0.15) is 26.2 Å². The molecule has 1 heterocycles. The summed E-state index contributed by atoms with van der Waals surface area (Å²) >= 11 is 1.84. The largest absolute Gasteiger partial charge is 0.312 e. The Morgan fingerprint density at radius 3 is 2.33 bits per heavy atom. The van der Waals surface area contributed by atoms with E-state index in [0.717, 1.165) is 30.8 Å². The molecule has 0 aliphatic rings. The van der Waals surface area contributed by atoms with Gasteiger partial charge in [0, 0.05) is 35.9 Å². The first kappa shape index (κ1) is 22.8. The summed E-state index contributed by atoms with van der Waals surface area (Å²) in [5.41, 5.74) is 0.996. The molecule has 0 fully saturated rings. The predicted octanol–water partition coefficient (Wildman–Crippen LogP) is 5.24. The van der Waals surface area contributed by atoms with Crippen molar-refractivity contribution >= 4 is 48.2 Å². The minimum absolute atomic E-state index is 0. The second kappa shape index (κ2) is 13.1. The van der Waals surface area contributed by atoms with Gasteiger partial charge in [-0.3, -0.25) is 9.78 Å². The fraction of sp³-hybridized carbons (Fsp3) is 0.333. The third kappa shape index (κ3) is 7.56. The van der Waals surface area contributed by atoms with Crippen LogP contribution in [0.3, 0.4) is 0 Å². The molecule has 3 nitrogen and oxygen atoms in total. The molecule has 1 amide bonds. The van der Waals surface area contributed by atoms with E-state index in [2.05, 4.69) is 4.98 Å². The minimum atomic E-state index is 0. The van der Waals surface area contributed by atoms with E-state index in [9.17, 15) is 4.79 Å².